The van der Waals surface area contributed by atoms with Crippen LogP contribution in [-0.2, 0) is 0 Å². The number of rotatable bonds is 4. The van der Waals surface area contributed by atoms with Crippen LogP contribution >= 0.6 is 36.2 Å². The van der Waals surface area contributed by atoms with Crippen LogP contribution in [-0.4, -0.2) is 46.2 Å². The van der Waals surface area contributed by atoms with Crippen molar-refractivity contribution in [2.24, 2.45) is 0 Å². The average Bonchev–Trinajstić information content (AvgIpc) is 3.05. The molecule has 10 heteroatoms. The van der Waals surface area contributed by atoms with E-state index in [1.165, 1.54) is 12.1 Å². The number of thiophene rings is 1. The van der Waals surface area contributed by atoms with Gasteiger partial charge < -0.3 is 15.5 Å². The third-order valence-electron chi connectivity index (χ3n) is 3.93. The van der Waals surface area contributed by atoms with E-state index in [1.54, 1.807) is 11.3 Å². The molecule has 3 N–H and O–H groups in total. The van der Waals surface area contributed by atoms with Gasteiger partial charge in [0.1, 0.15) is 0 Å². The fourth-order valence-electron chi connectivity index (χ4n) is 2.86. The fourth-order valence-corrected chi connectivity index (χ4v) is 3.75. The molecular formula is C15H19Cl2N3O4S. The molecular weight excluding hydrogens is 389 g/mol. The molecule has 1 atom stereocenters. The quantitative estimate of drug-likeness (QED) is 0.409. The summed E-state index contributed by atoms with van der Waals surface area (Å²) in [5, 5.41) is 36.0. The minimum atomic E-state index is -0.691. The number of piperazine rings is 1. The molecule has 1 saturated heterocycles. The van der Waals surface area contributed by atoms with Crippen molar-refractivity contribution < 1.29 is 15.1 Å². The summed E-state index contributed by atoms with van der Waals surface area (Å²) in [6.07, 6.45) is 0. The van der Waals surface area contributed by atoms with Crippen LogP contribution in [0.5, 0.6) is 11.5 Å². The number of hydrogen-bond donors (Lipinski definition) is 3. The summed E-state index contributed by atoms with van der Waals surface area (Å²) in [6.45, 7) is 3.29. The van der Waals surface area contributed by atoms with E-state index in [0.29, 0.717) is 5.56 Å². The smallest absolute Gasteiger partial charge is 0.314 e. The Morgan fingerprint density at radius 1 is 1.24 bits per heavy atom. The van der Waals surface area contributed by atoms with E-state index in [4.69, 9.17) is 0 Å². The Bertz CT molecular complexity index is 709. The van der Waals surface area contributed by atoms with Gasteiger partial charge in [-0.2, -0.15) is 0 Å². The Kier molecular flexibility index (Phi) is 7.91. The SMILES string of the molecule is Cl.Cl.O=[N+]([O-])c1cc([C@H](c2cccs2)N2CCNCC2)cc(O)c1O. The summed E-state index contributed by atoms with van der Waals surface area (Å²) in [5.74, 6) is -1.16. The topological polar surface area (TPSA) is 98.9 Å². The van der Waals surface area contributed by atoms with E-state index < -0.39 is 22.1 Å². The monoisotopic (exact) mass is 407 g/mol. The highest BCUT2D eigenvalue weighted by atomic mass is 35.5. The maximum absolute atomic E-state index is 11.1. The lowest BCUT2D eigenvalue weighted by atomic mass is 10.0. The van der Waals surface area contributed by atoms with Crippen molar-refractivity contribution in [3.8, 4) is 11.5 Å². The van der Waals surface area contributed by atoms with Gasteiger partial charge in [-0.1, -0.05) is 6.07 Å². The molecule has 0 bridgehead atoms. The predicted molar refractivity (Wildman–Crippen MR) is 102 cm³/mol. The van der Waals surface area contributed by atoms with Gasteiger partial charge in [-0.05, 0) is 23.1 Å². The first-order valence-corrected chi connectivity index (χ1v) is 8.14. The molecule has 1 aromatic heterocycles. The van der Waals surface area contributed by atoms with Gasteiger partial charge in [0.2, 0.25) is 5.75 Å². The Morgan fingerprint density at radius 3 is 2.48 bits per heavy atom. The summed E-state index contributed by atoms with van der Waals surface area (Å²) < 4.78 is 0. The summed E-state index contributed by atoms with van der Waals surface area (Å²) in [6, 6.07) is 6.50. The van der Waals surface area contributed by atoms with E-state index >= 15 is 0 Å². The number of halogens is 2. The van der Waals surface area contributed by atoms with Gasteiger partial charge >= 0.3 is 5.69 Å². The second-order valence-electron chi connectivity index (χ2n) is 5.37. The fraction of sp³-hybridized carbons (Fsp3) is 0.333. The molecule has 0 radical (unpaired) electrons. The molecule has 0 saturated carbocycles. The van der Waals surface area contributed by atoms with Gasteiger partial charge in [0.25, 0.3) is 0 Å². The van der Waals surface area contributed by atoms with Crippen LogP contribution in [0.15, 0.2) is 29.6 Å². The van der Waals surface area contributed by atoms with Gasteiger partial charge in [-0.15, -0.1) is 36.2 Å². The summed E-state index contributed by atoms with van der Waals surface area (Å²) in [4.78, 5) is 13.7. The normalized spacial score (nSPS) is 15.7. The second-order valence-corrected chi connectivity index (χ2v) is 6.35. The van der Waals surface area contributed by atoms with Crippen molar-refractivity contribution in [1.82, 2.24) is 10.2 Å². The maximum Gasteiger partial charge on any atom is 0.314 e. The Labute approximate surface area is 161 Å². The molecule has 1 aliphatic heterocycles. The number of nitrogens with zero attached hydrogens (tertiary/aromatic N) is 2. The Hall–Kier alpha value is -1.58. The zero-order valence-electron chi connectivity index (χ0n) is 13.1. The van der Waals surface area contributed by atoms with Gasteiger partial charge in [-0.3, -0.25) is 15.0 Å². The average molecular weight is 408 g/mol. The van der Waals surface area contributed by atoms with Crippen LogP contribution < -0.4 is 5.32 Å². The predicted octanol–water partition coefficient (Wildman–Crippen LogP) is 2.91. The minimum Gasteiger partial charge on any atom is -0.504 e. The molecule has 138 valence electrons. The van der Waals surface area contributed by atoms with Crippen LogP contribution in [0.2, 0.25) is 0 Å². The number of hydrogen-bond acceptors (Lipinski definition) is 7. The van der Waals surface area contributed by atoms with E-state index in [0.717, 1.165) is 31.1 Å². The lowest BCUT2D eigenvalue weighted by molar-refractivity contribution is -0.386. The van der Waals surface area contributed by atoms with Crippen LogP contribution in [0, 0.1) is 10.1 Å². The van der Waals surface area contributed by atoms with Crippen molar-refractivity contribution in [1.29, 1.82) is 0 Å². The zero-order valence-corrected chi connectivity index (χ0v) is 15.6. The van der Waals surface area contributed by atoms with Gasteiger partial charge in [0, 0.05) is 37.1 Å². The van der Waals surface area contributed by atoms with Crippen molar-refractivity contribution in [3.63, 3.8) is 0 Å². The number of nitro groups is 1. The van der Waals surface area contributed by atoms with Crippen LogP contribution in [0.25, 0.3) is 0 Å². The highest BCUT2D eigenvalue weighted by Crippen LogP contribution is 2.41. The number of phenolic OH excluding ortho intramolecular Hbond substituents is 2. The van der Waals surface area contributed by atoms with Crippen LogP contribution in [0.4, 0.5) is 5.69 Å². The van der Waals surface area contributed by atoms with Gasteiger partial charge in [0.15, 0.2) is 5.75 Å². The van der Waals surface area contributed by atoms with Crippen molar-refractivity contribution in [2.45, 2.75) is 6.04 Å². The molecule has 0 aliphatic carbocycles. The Morgan fingerprint density at radius 2 is 1.92 bits per heavy atom. The molecule has 3 rings (SSSR count). The largest absolute Gasteiger partial charge is 0.504 e. The highest BCUT2D eigenvalue weighted by Gasteiger charge is 2.28. The van der Waals surface area contributed by atoms with Gasteiger partial charge in [0.05, 0.1) is 11.0 Å². The molecule has 0 spiro atoms. The lowest BCUT2D eigenvalue weighted by Gasteiger charge is -2.34. The number of aromatic hydroxyl groups is 2. The summed E-state index contributed by atoms with van der Waals surface area (Å²) in [5.41, 5.74) is 0.132. The van der Waals surface area contributed by atoms with Crippen LogP contribution in [0.3, 0.4) is 0 Å². The first-order valence-electron chi connectivity index (χ1n) is 7.26. The third kappa shape index (κ3) is 4.53. The Balaban J connectivity index is 0.00000156. The number of nitro benzene ring substituents is 1. The molecule has 7 nitrogen and oxygen atoms in total. The van der Waals surface area contributed by atoms with Gasteiger partial charge in [-0.25, -0.2) is 0 Å². The van der Waals surface area contributed by atoms with Crippen LogP contribution in [0.1, 0.15) is 16.5 Å². The van der Waals surface area contributed by atoms with E-state index in [9.17, 15) is 20.3 Å². The molecule has 0 amide bonds. The van der Waals surface area contributed by atoms with Crippen molar-refractivity contribution >= 4 is 41.8 Å². The van der Waals surface area contributed by atoms with Crippen molar-refractivity contribution in [2.75, 3.05) is 26.2 Å². The highest BCUT2D eigenvalue weighted by molar-refractivity contribution is 7.10. The summed E-state index contributed by atoms with van der Waals surface area (Å²) >= 11 is 1.57. The first kappa shape index (κ1) is 21.5. The molecule has 1 fully saturated rings. The molecule has 25 heavy (non-hydrogen) atoms. The molecule has 1 aliphatic rings. The minimum absolute atomic E-state index is 0. The second kappa shape index (κ2) is 9.21. The van der Waals surface area contributed by atoms with Crippen molar-refractivity contribution in [3.05, 3.63) is 50.2 Å². The summed E-state index contributed by atoms with van der Waals surface area (Å²) in [7, 11) is 0. The number of nitrogens with one attached hydrogen (secondary N) is 1. The number of phenols is 2. The third-order valence-corrected chi connectivity index (χ3v) is 4.86. The van der Waals surface area contributed by atoms with E-state index in [2.05, 4.69) is 10.2 Å². The molecule has 0 unspecified atom stereocenters. The maximum atomic E-state index is 11.1. The van der Waals surface area contributed by atoms with E-state index in [-0.39, 0.29) is 30.9 Å². The lowest BCUT2D eigenvalue weighted by Crippen LogP contribution is -2.45. The zero-order chi connectivity index (χ0) is 16.4. The van der Waals surface area contributed by atoms with E-state index in [1.807, 2.05) is 17.5 Å². The molecule has 2 aromatic rings. The first-order chi connectivity index (χ1) is 11.1. The molecule has 1 aromatic carbocycles. The molecule has 2 heterocycles. The number of benzene rings is 1. The standard InChI is InChI=1S/C15H17N3O4S.2ClH/c19-12-9-10(8-11(15(12)20)18(21)22)14(13-2-1-7-23-13)17-5-3-16-4-6-17;;/h1-2,7-9,14,16,19-20H,3-6H2;2*1H/t14-;;/m1../s1.